The van der Waals surface area contributed by atoms with Gasteiger partial charge in [-0.15, -0.1) is 0 Å². The SMILES string of the molecule is CN(C)S(=O)(=O)N1CCC(N)C(C)(C)C1. The van der Waals surface area contributed by atoms with Crippen molar-refractivity contribution in [1.82, 2.24) is 8.61 Å². The first kappa shape index (κ1) is 12.9. The Hall–Kier alpha value is -0.170. The molecule has 1 aliphatic heterocycles. The Morgan fingerprint density at radius 2 is 1.93 bits per heavy atom. The van der Waals surface area contributed by atoms with Gasteiger partial charge in [0.05, 0.1) is 0 Å². The lowest BCUT2D eigenvalue weighted by Crippen LogP contribution is -2.55. The van der Waals surface area contributed by atoms with Gasteiger partial charge in [-0.25, -0.2) is 0 Å². The molecular formula is C9H21N3O2S. The van der Waals surface area contributed by atoms with E-state index < -0.39 is 10.2 Å². The Labute approximate surface area is 92.4 Å². The molecule has 1 atom stereocenters. The standard InChI is InChI=1S/C9H21N3O2S/c1-9(2)7-12(6-5-8(9)10)15(13,14)11(3)4/h8H,5-7,10H2,1-4H3. The van der Waals surface area contributed by atoms with Gasteiger partial charge in [0.15, 0.2) is 0 Å². The molecule has 0 aromatic heterocycles. The number of nitrogens with two attached hydrogens (primary N) is 1. The number of nitrogens with zero attached hydrogens (tertiary/aromatic N) is 2. The summed E-state index contributed by atoms with van der Waals surface area (Å²) in [5.41, 5.74) is 5.81. The second kappa shape index (κ2) is 4.01. The van der Waals surface area contributed by atoms with Crippen LogP contribution in [0.1, 0.15) is 20.3 Å². The van der Waals surface area contributed by atoms with E-state index in [4.69, 9.17) is 5.73 Å². The first-order valence-electron chi connectivity index (χ1n) is 5.11. The highest BCUT2D eigenvalue weighted by molar-refractivity contribution is 7.86. The summed E-state index contributed by atoms with van der Waals surface area (Å²) < 4.78 is 26.5. The van der Waals surface area contributed by atoms with E-state index in [0.717, 1.165) is 6.42 Å². The molecule has 1 aliphatic rings. The molecule has 1 unspecified atom stereocenters. The van der Waals surface area contributed by atoms with E-state index in [9.17, 15) is 8.42 Å². The molecule has 1 heterocycles. The van der Waals surface area contributed by atoms with E-state index >= 15 is 0 Å². The second-order valence-corrected chi connectivity index (χ2v) is 7.15. The third-order valence-electron chi connectivity index (χ3n) is 3.06. The summed E-state index contributed by atoms with van der Waals surface area (Å²) in [4.78, 5) is 0. The van der Waals surface area contributed by atoms with Gasteiger partial charge in [0.1, 0.15) is 0 Å². The van der Waals surface area contributed by atoms with Crippen LogP contribution in [0.5, 0.6) is 0 Å². The molecule has 0 radical (unpaired) electrons. The molecule has 6 heteroatoms. The topological polar surface area (TPSA) is 66.6 Å². The van der Waals surface area contributed by atoms with Crippen LogP contribution in [0, 0.1) is 5.41 Å². The van der Waals surface area contributed by atoms with E-state index in [2.05, 4.69) is 0 Å². The molecule has 1 saturated heterocycles. The Morgan fingerprint density at radius 1 is 1.40 bits per heavy atom. The summed E-state index contributed by atoms with van der Waals surface area (Å²) in [5.74, 6) is 0. The van der Waals surface area contributed by atoms with E-state index in [-0.39, 0.29) is 11.5 Å². The lowest BCUT2D eigenvalue weighted by atomic mass is 9.81. The highest BCUT2D eigenvalue weighted by atomic mass is 32.2. The number of hydrogen-bond acceptors (Lipinski definition) is 3. The lowest BCUT2D eigenvalue weighted by Gasteiger charge is -2.42. The molecule has 0 spiro atoms. The van der Waals surface area contributed by atoms with Gasteiger partial charge in [0.2, 0.25) is 0 Å². The summed E-state index contributed by atoms with van der Waals surface area (Å²) in [6, 6.07) is 0.0751. The van der Waals surface area contributed by atoms with Gasteiger partial charge in [-0.1, -0.05) is 13.8 Å². The fourth-order valence-electron chi connectivity index (χ4n) is 1.75. The number of rotatable bonds is 2. The average molecular weight is 235 g/mol. The van der Waals surface area contributed by atoms with Crippen molar-refractivity contribution in [2.75, 3.05) is 27.2 Å². The lowest BCUT2D eigenvalue weighted by molar-refractivity contribution is 0.151. The molecule has 90 valence electrons. The third-order valence-corrected chi connectivity index (χ3v) is 4.95. The second-order valence-electron chi connectivity index (χ2n) is 5.01. The monoisotopic (exact) mass is 235 g/mol. The van der Waals surface area contributed by atoms with Crippen molar-refractivity contribution in [3.05, 3.63) is 0 Å². The summed E-state index contributed by atoms with van der Waals surface area (Å²) in [6.07, 6.45) is 0.722. The molecule has 0 aromatic carbocycles. The van der Waals surface area contributed by atoms with Gasteiger partial charge in [0.25, 0.3) is 10.2 Å². The zero-order valence-electron chi connectivity index (χ0n) is 9.90. The summed E-state index contributed by atoms with van der Waals surface area (Å²) in [6.45, 7) is 5.03. The Bertz CT molecular complexity index is 324. The number of piperidine rings is 1. The maximum absolute atomic E-state index is 11.9. The van der Waals surface area contributed by atoms with Crippen LogP contribution in [-0.2, 0) is 10.2 Å². The fourth-order valence-corrected chi connectivity index (χ4v) is 3.05. The van der Waals surface area contributed by atoms with Crippen LogP contribution in [0.2, 0.25) is 0 Å². The van der Waals surface area contributed by atoms with Crippen LogP contribution in [0.25, 0.3) is 0 Å². The molecule has 5 nitrogen and oxygen atoms in total. The molecule has 2 N–H and O–H groups in total. The van der Waals surface area contributed by atoms with Crippen LogP contribution in [0.3, 0.4) is 0 Å². The van der Waals surface area contributed by atoms with Gasteiger partial charge in [-0.3, -0.25) is 0 Å². The average Bonchev–Trinajstić information content (AvgIpc) is 2.09. The zero-order valence-corrected chi connectivity index (χ0v) is 10.7. The van der Waals surface area contributed by atoms with Gasteiger partial charge < -0.3 is 5.73 Å². The molecule has 15 heavy (non-hydrogen) atoms. The van der Waals surface area contributed by atoms with Gasteiger partial charge in [-0.2, -0.15) is 17.0 Å². The van der Waals surface area contributed by atoms with Gasteiger partial charge in [-0.05, 0) is 11.8 Å². The van der Waals surface area contributed by atoms with Crippen LogP contribution in [-0.4, -0.2) is 50.3 Å². The normalized spacial score (nSPS) is 28.3. The molecule has 0 amide bonds. The van der Waals surface area contributed by atoms with Crippen molar-refractivity contribution in [2.45, 2.75) is 26.3 Å². The fraction of sp³-hybridized carbons (Fsp3) is 1.00. The minimum absolute atomic E-state index is 0.0751. The molecule has 0 saturated carbocycles. The van der Waals surface area contributed by atoms with E-state index in [0.29, 0.717) is 13.1 Å². The van der Waals surface area contributed by atoms with Crippen molar-refractivity contribution in [3.63, 3.8) is 0 Å². The first-order valence-corrected chi connectivity index (χ1v) is 6.51. The van der Waals surface area contributed by atoms with Crippen molar-refractivity contribution in [3.8, 4) is 0 Å². The van der Waals surface area contributed by atoms with Crippen molar-refractivity contribution >= 4 is 10.2 Å². The Kier molecular flexibility index (Phi) is 3.45. The van der Waals surface area contributed by atoms with Crippen LogP contribution in [0.4, 0.5) is 0 Å². The van der Waals surface area contributed by atoms with Crippen LogP contribution < -0.4 is 5.73 Å². The number of hydrogen-bond donors (Lipinski definition) is 1. The predicted molar refractivity (Wildman–Crippen MR) is 60.6 cm³/mol. The molecule has 0 bridgehead atoms. The third kappa shape index (κ3) is 2.50. The maximum atomic E-state index is 11.9. The molecule has 1 rings (SSSR count). The summed E-state index contributed by atoms with van der Waals surface area (Å²) in [5, 5.41) is 0. The predicted octanol–water partition coefficient (Wildman–Crippen LogP) is -0.148. The molecule has 0 aromatic rings. The zero-order chi connectivity index (χ0) is 11.9. The summed E-state index contributed by atoms with van der Waals surface area (Å²) in [7, 11) is -0.178. The van der Waals surface area contributed by atoms with Gasteiger partial charge >= 0.3 is 0 Å². The van der Waals surface area contributed by atoms with Crippen molar-refractivity contribution < 1.29 is 8.42 Å². The van der Waals surface area contributed by atoms with Crippen molar-refractivity contribution in [1.29, 1.82) is 0 Å². The largest absolute Gasteiger partial charge is 0.327 e. The van der Waals surface area contributed by atoms with Gasteiger partial charge in [0, 0.05) is 33.2 Å². The molecule has 1 fully saturated rings. The highest BCUT2D eigenvalue weighted by Gasteiger charge is 2.38. The summed E-state index contributed by atoms with van der Waals surface area (Å²) >= 11 is 0. The van der Waals surface area contributed by atoms with E-state index in [1.165, 1.54) is 8.61 Å². The smallest absolute Gasteiger partial charge is 0.281 e. The maximum Gasteiger partial charge on any atom is 0.281 e. The van der Waals surface area contributed by atoms with Crippen molar-refractivity contribution in [2.24, 2.45) is 11.1 Å². The quantitative estimate of drug-likeness (QED) is 0.724. The molecule has 0 aliphatic carbocycles. The van der Waals surface area contributed by atoms with Crippen LogP contribution >= 0.6 is 0 Å². The van der Waals surface area contributed by atoms with E-state index in [1.54, 1.807) is 14.1 Å². The first-order chi connectivity index (χ1) is 6.68. The minimum Gasteiger partial charge on any atom is -0.327 e. The Morgan fingerprint density at radius 3 is 2.33 bits per heavy atom. The minimum atomic E-state index is -3.28. The molecular weight excluding hydrogens is 214 g/mol. The highest BCUT2D eigenvalue weighted by Crippen LogP contribution is 2.29. The van der Waals surface area contributed by atoms with E-state index in [1.807, 2.05) is 13.8 Å². The Balaban J connectivity index is 2.85. The van der Waals surface area contributed by atoms with Crippen LogP contribution in [0.15, 0.2) is 0 Å².